The SMILES string of the molecule is C=CCN1C(=O)/C(=C/c2ccc(SCc3ccco3)c([N+](=O)[O-])c2)C(=O)NC1=S. The van der Waals surface area contributed by atoms with Gasteiger partial charge in [-0.2, -0.15) is 0 Å². The summed E-state index contributed by atoms with van der Waals surface area (Å²) in [6.45, 7) is 3.70. The molecular formula is C19H15N3O5S2. The van der Waals surface area contributed by atoms with Gasteiger partial charge in [0, 0.05) is 12.6 Å². The van der Waals surface area contributed by atoms with Crippen LogP contribution in [0.5, 0.6) is 0 Å². The van der Waals surface area contributed by atoms with Crippen molar-refractivity contribution in [2.24, 2.45) is 0 Å². The summed E-state index contributed by atoms with van der Waals surface area (Å²) in [5.41, 5.74) is 0.0627. The molecule has 29 heavy (non-hydrogen) atoms. The smallest absolute Gasteiger partial charge is 0.283 e. The number of nitrogens with one attached hydrogen (secondary N) is 1. The van der Waals surface area contributed by atoms with Gasteiger partial charge in [-0.1, -0.05) is 12.1 Å². The van der Waals surface area contributed by atoms with E-state index >= 15 is 0 Å². The molecule has 1 saturated heterocycles. The van der Waals surface area contributed by atoms with Crippen LogP contribution in [0.2, 0.25) is 0 Å². The monoisotopic (exact) mass is 429 g/mol. The Labute approximate surface area is 175 Å². The van der Waals surface area contributed by atoms with Crippen LogP contribution in [0, 0.1) is 10.1 Å². The Hall–Kier alpha value is -3.24. The number of benzene rings is 1. The third kappa shape index (κ3) is 4.61. The molecule has 0 unspecified atom stereocenters. The zero-order chi connectivity index (χ0) is 21.0. The van der Waals surface area contributed by atoms with Gasteiger partial charge in [0.05, 0.1) is 21.8 Å². The largest absolute Gasteiger partial charge is 0.468 e. The van der Waals surface area contributed by atoms with E-state index in [-0.39, 0.29) is 22.9 Å². The van der Waals surface area contributed by atoms with Crippen LogP contribution >= 0.6 is 24.0 Å². The van der Waals surface area contributed by atoms with Crippen molar-refractivity contribution in [3.8, 4) is 0 Å². The van der Waals surface area contributed by atoms with E-state index in [2.05, 4.69) is 11.9 Å². The Morgan fingerprint density at radius 1 is 1.34 bits per heavy atom. The quantitative estimate of drug-likeness (QED) is 0.137. The molecule has 10 heteroatoms. The highest BCUT2D eigenvalue weighted by molar-refractivity contribution is 7.98. The molecule has 1 aliphatic heterocycles. The molecule has 0 atom stereocenters. The van der Waals surface area contributed by atoms with Gasteiger partial charge in [-0.25, -0.2) is 0 Å². The molecule has 1 N–H and O–H groups in total. The van der Waals surface area contributed by atoms with Crippen molar-refractivity contribution in [1.29, 1.82) is 0 Å². The third-order valence-electron chi connectivity index (χ3n) is 3.94. The van der Waals surface area contributed by atoms with Gasteiger partial charge < -0.3 is 4.42 Å². The minimum Gasteiger partial charge on any atom is -0.468 e. The molecule has 0 radical (unpaired) electrons. The maximum atomic E-state index is 12.6. The number of thiocarbonyl (C=S) groups is 1. The second-order valence-electron chi connectivity index (χ2n) is 5.87. The van der Waals surface area contributed by atoms with Crippen LogP contribution in [-0.4, -0.2) is 33.3 Å². The van der Waals surface area contributed by atoms with Crippen molar-refractivity contribution in [3.63, 3.8) is 0 Å². The summed E-state index contributed by atoms with van der Waals surface area (Å²) in [6, 6.07) is 8.03. The van der Waals surface area contributed by atoms with Gasteiger partial charge in [0.1, 0.15) is 11.3 Å². The first kappa shape index (κ1) is 20.5. The minimum atomic E-state index is -0.653. The average Bonchev–Trinajstić information content (AvgIpc) is 3.20. The third-order valence-corrected chi connectivity index (χ3v) is 5.35. The van der Waals surface area contributed by atoms with Crippen LogP contribution in [0.4, 0.5) is 5.69 Å². The highest BCUT2D eigenvalue weighted by Crippen LogP contribution is 2.33. The second-order valence-corrected chi connectivity index (χ2v) is 7.28. The van der Waals surface area contributed by atoms with Crippen LogP contribution in [0.3, 0.4) is 0 Å². The Morgan fingerprint density at radius 2 is 2.14 bits per heavy atom. The number of rotatable bonds is 7. The number of hydrogen-bond acceptors (Lipinski definition) is 7. The lowest BCUT2D eigenvalue weighted by molar-refractivity contribution is -0.387. The van der Waals surface area contributed by atoms with Crippen LogP contribution in [0.1, 0.15) is 11.3 Å². The first-order chi connectivity index (χ1) is 13.9. The normalized spacial score (nSPS) is 15.5. The molecule has 0 spiro atoms. The molecule has 0 aliphatic carbocycles. The van der Waals surface area contributed by atoms with Gasteiger partial charge in [0.2, 0.25) is 0 Å². The first-order valence-corrected chi connectivity index (χ1v) is 9.73. The predicted molar refractivity (Wildman–Crippen MR) is 112 cm³/mol. The Bertz CT molecular complexity index is 1030. The highest BCUT2D eigenvalue weighted by Gasteiger charge is 2.32. The van der Waals surface area contributed by atoms with Crippen molar-refractivity contribution >= 4 is 52.7 Å². The number of carbonyl (C=O) groups is 2. The lowest BCUT2D eigenvalue weighted by atomic mass is 10.1. The Kier molecular flexibility index (Phi) is 6.25. The summed E-state index contributed by atoms with van der Waals surface area (Å²) < 4.78 is 5.24. The Morgan fingerprint density at radius 3 is 2.79 bits per heavy atom. The van der Waals surface area contributed by atoms with E-state index in [0.717, 1.165) is 0 Å². The zero-order valence-electron chi connectivity index (χ0n) is 15.0. The van der Waals surface area contributed by atoms with E-state index < -0.39 is 16.7 Å². The van der Waals surface area contributed by atoms with Gasteiger partial charge in [-0.3, -0.25) is 29.9 Å². The van der Waals surface area contributed by atoms with Gasteiger partial charge in [-0.05, 0) is 42.1 Å². The van der Waals surface area contributed by atoms with Gasteiger partial charge >= 0.3 is 0 Å². The first-order valence-electron chi connectivity index (χ1n) is 8.34. The molecule has 2 heterocycles. The van der Waals surface area contributed by atoms with E-state index in [0.29, 0.717) is 22.0 Å². The molecule has 1 fully saturated rings. The van der Waals surface area contributed by atoms with E-state index in [4.69, 9.17) is 16.6 Å². The van der Waals surface area contributed by atoms with Crippen LogP contribution < -0.4 is 5.32 Å². The lowest BCUT2D eigenvalue weighted by Crippen LogP contribution is -2.53. The average molecular weight is 429 g/mol. The van der Waals surface area contributed by atoms with E-state index in [1.54, 1.807) is 24.3 Å². The fourth-order valence-corrected chi connectivity index (χ4v) is 3.75. The summed E-state index contributed by atoms with van der Waals surface area (Å²) in [4.78, 5) is 37.4. The summed E-state index contributed by atoms with van der Waals surface area (Å²) >= 11 is 6.26. The molecule has 8 nitrogen and oxygen atoms in total. The fourth-order valence-electron chi connectivity index (χ4n) is 2.59. The number of hydrogen-bond donors (Lipinski definition) is 1. The summed E-state index contributed by atoms with van der Waals surface area (Å²) in [5, 5.41) is 13.9. The molecule has 1 aliphatic rings. The molecule has 148 valence electrons. The number of nitro groups is 1. The molecular weight excluding hydrogens is 414 g/mol. The molecule has 1 aromatic carbocycles. The van der Waals surface area contributed by atoms with Crippen molar-refractivity contribution in [3.05, 3.63) is 76.3 Å². The molecule has 0 saturated carbocycles. The van der Waals surface area contributed by atoms with E-state index in [1.165, 1.54) is 41.1 Å². The number of carbonyl (C=O) groups excluding carboxylic acids is 2. The topological polar surface area (TPSA) is 106 Å². The van der Waals surface area contributed by atoms with E-state index in [9.17, 15) is 19.7 Å². The molecule has 3 rings (SSSR count). The number of furan rings is 1. The van der Waals surface area contributed by atoms with Crippen LogP contribution in [-0.2, 0) is 15.3 Å². The summed E-state index contributed by atoms with van der Waals surface area (Å²) in [7, 11) is 0. The highest BCUT2D eigenvalue weighted by atomic mass is 32.2. The van der Waals surface area contributed by atoms with Crippen molar-refractivity contribution in [2.75, 3.05) is 6.54 Å². The standard InChI is InChI=1S/C19H15N3O5S2/c1-2-7-21-18(24)14(17(23)20-19(21)28)9-12-5-6-16(15(10-12)22(25)26)29-11-13-4-3-8-27-13/h2-6,8-10H,1,7,11H2,(H,20,23,28)/b14-9+. The van der Waals surface area contributed by atoms with Gasteiger partial charge in [0.25, 0.3) is 17.5 Å². The van der Waals surface area contributed by atoms with Crippen molar-refractivity contribution in [1.82, 2.24) is 10.2 Å². The predicted octanol–water partition coefficient (Wildman–Crippen LogP) is 3.29. The number of amides is 2. The molecule has 2 amide bonds. The number of thioether (sulfide) groups is 1. The van der Waals surface area contributed by atoms with Gasteiger partial charge in [-0.15, -0.1) is 18.3 Å². The number of nitrogens with zero attached hydrogens (tertiary/aromatic N) is 2. The van der Waals surface area contributed by atoms with Crippen molar-refractivity contribution < 1.29 is 18.9 Å². The maximum Gasteiger partial charge on any atom is 0.283 e. The number of nitro benzene ring substituents is 1. The lowest BCUT2D eigenvalue weighted by Gasteiger charge is -2.27. The molecule has 2 aromatic rings. The van der Waals surface area contributed by atoms with Crippen LogP contribution in [0.15, 0.2) is 64.1 Å². The van der Waals surface area contributed by atoms with E-state index in [1.807, 2.05) is 0 Å². The van der Waals surface area contributed by atoms with Gasteiger partial charge in [0.15, 0.2) is 5.11 Å². The fraction of sp³-hybridized carbons (Fsp3) is 0.105. The Balaban J connectivity index is 1.89. The second kappa shape index (κ2) is 8.84. The summed E-state index contributed by atoms with van der Waals surface area (Å²) in [6.07, 6.45) is 4.33. The summed E-state index contributed by atoms with van der Waals surface area (Å²) in [5.74, 6) is -0.113. The van der Waals surface area contributed by atoms with Crippen molar-refractivity contribution in [2.45, 2.75) is 10.6 Å². The molecule has 1 aromatic heterocycles. The molecule has 0 bridgehead atoms. The van der Waals surface area contributed by atoms with Crippen LogP contribution in [0.25, 0.3) is 6.08 Å². The minimum absolute atomic E-state index is 0.00675. The zero-order valence-corrected chi connectivity index (χ0v) is 16.6. The maximum absolute atomic E-state index is 12.6.